The first-order valence-electron chi connectivity index (χ1n) is 5.06. The molecule has 0 saturated carbocycles. The lowest BCUT2D eigenvalue weighted by Gasteiger charge is -2.42. The average molecular weight is 243 g/mol. The molecule has 0 spiro atoms. The molecule has 88 valence electrons. The van der Waals surface area contributed by atoms with Gasteiger partial charge in [-0.15, -0.1) is 11.8 Å². The summed E-state index contributed by atoms with van der Waals surface area (Å²) in [7, 11) is 0. The summed E-state index contributed by atoms with van der Waals surface area (Å²) < 4.78 is -0.496. The second-order valence-electron chi connectivity index (χ2n) is 4.61. The molecule has 2 rings (SSSR count). The van der Waals surface area contributed by atoms with Crippen LogP contribution >= 0.6 is 11.8 Å². The second kappa shape index (κ2) is 3.48. The second-order valence-corrected chi connectivity index (χ2v) is 6.38. The summed E-state index contributed by atoms with van der Waals surface area (Å²) in [4.78, 5) is 34.7. The van der Waals surface area contributed by atoms with Gasteiger partial charge in [0, 0.05) is 11.2 Å². The standard InChI is InChI=1S/C10H13NO4S/c1-10(2)6(9(14)15)11-7(13)5(3-4-12)8(11)16-10/h4-6,8H,3H2,1-2H3,(H,14,15)/t5-,6+,8-/m1/s1. The number of aldehydes is 1. The summed E-state index contributed by atoms with van der Waals surface area (Å²) in [5.74, 6) is -1.51. The van der Waals surface area contributed by atoms with Crippen molar-refractivity contribution in [1.29, 1.82) is 0 Å². The van der Waals surface area contributed by atoms with Crippen molar-refractivity contribution in [2.24, 2.45) is 5.92 Å². The van der Waals surface area contributed by atoms with Crippen molar-refractivity contribution in [3.63, 3.8) is 0 Å². The maximum atomic E-state index is 11.7. The van der Waals surface area contributed by atoms with Crippen LogP contribution in [0.4, 0.5) is 0 Å². The molecule has 2 fully saturated rings. The minimum Gasteiger partial charge on any atom is -0.480 e. The number of thioether (sulfide) groups is 1. The van der Waals surface area contributed by atoms with E-state index in [0.717, 1.165) is 6.29 Å². The molecule has 1 amide bonds. The van der Waals surface area contributed by atoms with Gasteiger partial charge in [0.2, 0.25) is 5.91 Å². The van der Waals surface area contributed by atoms with Gasteiger partial charge >= 0.3 is 5.97 Å². The highest BCUT2D eigenvalue weighted by atomic mass is 32.2. The van der Waals surface area contributed by atoms with Crippen LogP contribution in [0.2, 0.25) is 0 Å². The molecule has 16 heavy (non-hydrogen) atoms. The van der Waals surface area contributed by atoms with Crippen molar-refractivity contribution >= 4 is 29.9 Å². The molecule has 2 aliphatic rings. The molecule has 2 heterocycles. The third-order valence-corrected chi connectivity index (χ3v) is 4.76. The number of hydrogen-bond donors (Lipinski definition) is 1. The number of carbonyl (C=O) groups excluding carboxylic acids is 2. The van der Waals surface area contributed by atoms with Crippen molar-refractivity contribution in [3.8, 4) is 0 Å². The van der Waals surface area contributed by atoms with Gasteiger partial charge in [0.25, 0.3) is 0 Å². The molecule has 6 heteroatoms. The molecule has 1 N–H and O–H groups in total. The van der Waals surface area contributed by atoms with Crippen LogP contribution in [0.1, 0.15) is 20.3 Å². The summed E-state index contributed by atoms with van der Waals surface area (Å²) in [6, 6.07) is -0.780. The Morgan fingerprint density at radius 1 is 1.62 bits per heavy atom. The third-order valence-electron chi connectivity index (χ3n) is 3.14. The predicted octanol–water partition coefficient (Wildman–Crippen LogP) is 0.338. The topological polar surface area (TPSA) is 74.7 Å². The van der Waals surface area contributed by atoms with E-state index in [1.54, 1.807) is 0 Å². The first-order chi connectivity index (χ1) is 7.40. The summed E-state index contributed by atoms with van der Waals surface area (Å²) in [5.41, 5.74) is 0. The smallest absolute Gasteiger partial charge is 0.327 e. The summed E-state index contributed by atoms with van der Waals surface area (Å²) in [6.07, 6.45) is 0.914. The Morgan fingerprint density at radius 3 is 2.75 bits per heavy atom. The average Bonchev–Trinajstić information content (AvgIpc) is 2.43. The van der Waals surface area contributed by atoms with E-state index < -0.39 is 16.8 Å². The number of nitrogens with zero attached hydrogens (tertiary/aromatic N) is 1. The summed E-state index contributed by atoms with van der Waals surface area (Å²) in [5, 5.41) is 8.98. The van der Waals surface area contributed by atoms with E-state index in [2.05, 4.69) is 0 Å². The fraction of sp³-hybridized carbons (Fsp3) is 0.700. The monoisotopic (exact) mass is 243 g/mol. The van der Waals surface area contributed by atoms with Gasteiger partial charge in [-0.25, -0.2) is 4.79 Å². The number of fused-ring (bicyclic) bond motifs is 1. The Bertz CT molecular complexity index is 368. The van der Waals surface area contributed by atoms with Crippen LogP contribution in [0.25, 0.3) is 0 Å². The van der Waals surface area contributed by atoms with Crippen molar-refractivity contribution in [1.82, 2.24) is 4.90 Å². The number of aliphatic carboxylic acids is 1. The largest absolute Gasteiger partial charge is 0.480 e. The van der Waals surface area contributed by atoms with Crippen LogP contribution < -0.4 is 0 Å². The van der Waals surface area contributed by atoms with Crippen LogP contribution in [0.3, 0.4) is 0 Å². The Hall–Kier alpha value is -1.04. The molecule has 0 aromatic heterocycles. The zero-order valence-corrected chi connectivity index (χ0v) is 9.86. The van der Waals surface area contributed by atoms with Crippen molar-refractivity contribution in [3.05, 3.63) is 0 Å². The Kier molecular flexibility index (Phi) is 2.49. The highest BCUT2D eigenvalue weighted by molar-refractivity contribution is 8.01. The molecule has 0 aliphatic carbocycles. The van der Waals surface area contributed by atoms with Gasteiger partial charge < -0.3 is 14.8 Å². The number of carbonyl (C=O) groups is 3. The van der Waals surface area contributed by atoms with Crippen molar-refractivity contribution < 1.29 is 19.5 Å². The summed E-state index contributed by atoms with van der Waals surface area (Å²) in [6.45, 7) is 3.64. The van der Waals surface area contributed by atoms with E-state index in [4.69, 9.17) is 5.11 Å². The molecule has 5 nitrogen and oxygen atoms in total. The fourth-order valence-electron chi connectivity index (χ4n) is 2.41. The van der Waals surface area contributed by atoms with Gasteiger partial charge in [0.1, 0.15) is 12.3 Å². The van der Waals surface area contributed by atoms with Gasteiger partial charge in [-0.2, -0.15) is 0 Å². The van der Waals surface area contributed by atoms with Crippen LogP contribution in [0, 0.1) is 5.92 Å². The van der Waals surface area contributed by atoms with Crippen LogP contribution in [-0.2, 0) is 14.4 Å². The van der Waals surface area contributed by atoms with E-state index in [9.17, 15) is 14.4 Å². The van der Waals surface area contributed by atoms with Crippen LogP contribution in [0.5, 0.6) is 0 Å². The lowest BCUT2D eigenvalue weighted by atomic mass is 9.90. The lowest BCUT2D eigenvalue weighted by Crippen LogP contribution is -2.62. The van der Waals surface area contributed by atoms with E-state index in [0.29, 0.717) is 0 Å². The molecule has 0 bridgehead atoms. The molecular weight excluding hydrogens is 230 g/mol. The van der Waals surface area contributed by atoms with Crippen molar-refractivity contribution in [2.45, 2.75) is 36.4 Å². The highest BCUT2D eigenvalue weighted by Crippen LogP contribution is 2.53. The highest BCUT2D eigenvalue weighted by Gasteiger charge is 2.63. The zero-order chi connectivity index (χ0) is 12.1. The van der Waals surface area contributed by atoms with E-state index in [-0.39, 0.29) is 23.6 Å². The number of β-lactam (4-membered cyclic amide) rings is 1. The van der Waals surface area contributed by atoms with Crippen molar-refractivity contribution in [2.75, 3.05) is 0 Å². The third kappa shape index (κ3) is 1.36. The molecular formula is C10H13NO4S. The molecule has 2 aliphatic heterocycles. The maximum absolute atomic E-state index is 11.7. The van der Waals surface area contributed by atoms with Gasteiger partial charge in [0.15, 0.2) is 0 Å². The SMILES string of the molecule is CC1(C)S[C@@H]2[C@H](CC=O)C(=O)N2[C@H]1C(=O)O. The zero-order valence-electron chi connectivity index (χ0n) is 9.04. The van der Waals surface area contributed by atoms with Gasteiger partial charge in [0.05, 0.1) is 11.3 Å². The van der Waals surface area contributed by atoms with E-state index in [1.807, 2.05) is 13.8 Å². The molecule has 0 aromatic carbocycles. The fourth-order valence-corrected chi connectivity index (χ4v) is 4.11. The minimum atomic E-state index is -0.974. The number of hydrogen-bond acceptors (Lipinski definition) is 4. The lowest BCUT2D eigenvalue weighted by molar-refractivity contribution is -0.163. The van der Waals surface area contributed by atoms with Crippen LogP contribution in [-0.4, -0.2) is 44.3 Å². The molecule has 2 saturated heterocycles. The number of carboxylic acid groups (broad SMARTS) is 1. The normalized spacial score (nSPS) is 35.5. The first-order valence-corrected chi connectivity index (χ1v) is 5.94. The Labute approximate surface area is 97.2 Å². The van der Waals surface area contributed by atoms with Gasteiger partial charge in [-0.3, -0.25) is 4.79 Å². The minimum absolute atomic E-state index is 0.145. The maximum Gasteiger partial charge on any atom is 0.327 e. The van der Waals surface area contributed by atoms with Crippen LogP contribution in [0.15, 0.2) is 0 Å². The number of amides is 1. The number of rotatable bonds is 3. The van der Waals surface area contributed by atoms with Gasteiger partial charge in [-0.05, 0) is 13.8 Å². The van der Waals surface area contributed by atoms with E-state index >= 15 is 0 Å². The number of carboxylic acids is 1. The molecule has 0 unspecified atom stereocenters. The summed E-state index contributed by atoms with van der Waals surface area (Å²) >= 11 is 1.47. The van der Waals surface area contributed by atoms with E-state index in [1.165, 1.54) is 16.7 Å². The Morgan fingerprint density at radius 2 is 2.25 bits per heavy atom. The molecule has 3 atom stereocenters. The Balaban J connectivity index is 2.24. The first kappa shape index (κ1) is 11.4. The quantitative estimate of drug-likeness (QED) is 0.571. The van der Waals surface area contributed by atoms with Gasteiger partial charge in [-0.1, -0.05) is 0 Å². The predicted molar refractivity (Wildman–Crippen MR) is 57.9 cm³/mol. The molecule has 0 aromatic rings. The molecule has 0 radical (unpaired) electrons.